The second-order valence-corrected chi connectivity index (χ2v) is 5.22. The molecule has 1 saturated heterocycles. The molecule has 1 N–H and O–H groups in total. The molecular formula is C14H18ClNO2. The highest BCUT2D eigenvalue weighted by molar-refractivity contribution is 6.30. The van der Waals surface area contributed by atoms with Crippen LogP contribution in [0.2, 0.25) is 5.02 Å². The first-order valence-electron chi connectivity index (χ1n) is 6.37. The molecule has 1 aromatic rings. The van der Waals surface area contributed by atoms with Gasteiger partial charge in [0.25, 0.3) is 0 Å². The van der Waals surface area contributed by atoms with Crippen LogP contribution in [0, 0.1) is 0 Å². The van der Waals surface area contributed by atoms with E-state index in [-0.39, 0.29) is 0 Å². The lowest BCUT2D eigenvalue weighted by Crippen LogP contribution is -2.24. The van der Waals surface area contributed by atoms with E-state index in [2.05, 4.69) is 4.90 Å². The van der Waals surface area contributed by atoms with Crippen LogP contribution in [0.4, 0.5) is 0 Å². The van der Waals surface area contributed by atoms with Crippen LogP contribution in [0.1, 0.15) is 30.7 Å². The van der Waals surface area contributed by atoms with Crippen molar-refractivity contribution in [3.8, 4) is 0 Å². The third-order valence-electron chi connectivity index (χ3n) is 3.50. The van der Waals surface area contributed by atoms with E-state index in [1.165, 1.54) is 12.8 Å². The average Bonchev–Trinajstić information content (AvgIpc) is 2.84. The van der Waals surface area contributed by atoms with E-state index >= 15 is 0 Å². The predicted molar refractivity (Wildman–Crippen MR) is 72.1 cm³/mol. The van der Waals surface area contributed by atoms with Crippen molar-refractivity contribution in [2.75, 3.05) is 19.6 Å². The molecule has 0 saturated carbocycles. The molecule has 4 heteroatoms. The maximum atomic E-state index is 11.3. The van der Waals surface area contributed by atoms with Crippen LogP contribution in [-0.2, 0) is 4.79 Å². The van der Waals surface area contributed by atoms with E-state index < -0.39 is 11.9 Å². The standard InChI is InChI=1S/C14H18ClNO2/c15-12-5-3-11(4-6-12)13(14(17)18)7-10-16-8-1-2-9-16/h3-6,13H,1-2,7-10H2,(H,17,18). The number of likely N-dealkylation sites (tertiary alicyclic amines) is 1. The summed E-state index contributed by atoms with van der Waals surface area (Å²) in [6, 6.07) is 7.13. The summed E-state index contributed by atoms with van der Waals surface area (Å²) in [6.07, 6.45) is 3.13. The van der Waals surface area contributed by atoms with Crippen LogP contribution < -0.4 is 0 Å². The summed E-state index contributed by atoms with van der Waals surface area (Å²) < 4.78 is 0. The molecule has 1 fully saturated rings. The molecule has 0 radical (unpaired) electrons. The van der Waals surface area contributed by atoms with E-state index in [4.69, 9.17) is 11.6 Å². The molecule has 0 aliphatic carbocycles. The maximum Gasteiger partial charge on any atom is 0.311 e. The zero-order valence-corrected chi connectivity index (χ0v) is 11.1. The SMILES string of the molecule is O=C(O)C(CCN1CCCC1)c1ccc(Cl)cc1. The van der Waals surface area contributed by atoms with Crippen LogP contribution in [0.15, 0.2) is 24.3 Å². The van der Waals surface area contributed by atoms with Crippen molar-refractivity contribution in [3.63, 3.8) is 0 Å². The molecule has 1 aliphatic heterocycles. The molecule has 1 unspecified atom stereocenters. The van der Waals surface area contributed by atoms with E-state index in [1.54, 1.807) is 12.1 Å². The fraction of sp³-hybridized carbons (Fsp3) is 0.500. The Balaban J connectivity index is 1.99. The Kier molecular flexibility index (Phi) is 4.61. The molecule has 0 spiro atoms. The zero-order chi connectivity index (χ0) is 13.0. The molecule has 18 heavy (non-hydrogen) atoms. The highest BCUT2D eigenvalue weighted by Gasteiger charge is 2.21. The molecule has 0 bridgehead atoms. The van der Waals surface area contributed by atoms with Crippen molar-refractivity contribution >= 4 is 17.6 Å². The lowest BCUT2D eigenvalue weighted by atomic mass is 9.96. The van der Waals surface area contributed by atoms with Gasteiger partial charge in [0.1, 0.15) is 0 Å². The number of benzene rings is 1. The number of carbonyl (C=O) groups is 1. The van der Waals surface area contributed by atoms with Crippen LogP contribution in [0.25, 0.3) is 0 Å². The number of carboxylic acids is 1. The summed E-state index contributed by atoms with van der Waals surface area (Å²) >= 11 is 5.82. The maximum absolute atomic E-state index is 11.3. The first-order valence-corrected chi connectivity index (χ1v) is 6.75. The van der Waals surface area contributed by atoms with Gasteiger partial charge in [0, 0.05) is 5.02 Å². The van der Waals surface area contributed by atoms with Gasteiger partial charge in [-0.05, 0) is 56.6 Å². The minimum absolute atomic E-state index is 0.428. The number of aliphatic carboxylic acids is 1. The van der Waals surface area contributed by atoms with Crippen molar-refractivity contribution < 1.29 is 9.90 Å². The van der Waals surface area contributed by atoms with Crippen molar-refractivity contribution in [1.82, 2.24) is 4.90 Å². The van der Waals surface area contributed by atoms with Gasteiger partial charge in [0.15, 0.2) is 0 Å². The van der Waals surface area contributed by atoms with Gasteiger partial charge in [0.2, 0.25) is 0 Å². The fourth-order valence-corrected chi connectivity index (χ4v) is 2.57. The number of hydrogen-bond acceptors (Lipinski definition) is 2. The quantitative estimate of drug-likeness (QED) is 0.892. The number of halogens is 1. The van der Waals surface area contributed by atoms with Crippen LogP contribution >= 0.6 is 11.6 Å². The lowest BCUT2D eigenvalue weighted by molar-refractivity contribution is -0.139. The largest absolute Gasteiger partial charge is 0.481 e. The summed E-state index contributed by atoms with van der Waals surface area (Å²) in [5, 5.41) is 9.96. The molecule has 98 valence electrons. The van der Waals surface area contributed by atoms with Crippen LogP contribution in [-0.4, -0.2) is 35.6 Å². The molecular weight excluding hydrogens is 250 g/mol. The summed E-state index contributed by atoms with van der Waals surface area (Å²) in [7, 11) is 0. The highest BCUT2D eigenvalue weighted by Crippen LogP contribution is 2.23. The van der Waals surface area contributed by atoms with Gasteiger partial charge >= 0.3 is 5.97 Å². The molecule has 0 amide bonds. The minimum Gasteiger partial charge on any atom is -0.481 e. The van der Waals surface area contributed by atoms with Gasteiger partial charge in [-0.25, -0.2) is 0 Å². The molecule has 1 aromatic carbocycles. The topological polar surface area (TPSA) is 40.5 Å². The summed E-state index contributed by atoms with van der Waals surface area (Å²) in [5.41, 5.74) is 0.839. The van der Waals surface area contributed by atoms with E-state index in [0.717, 1.165) is 25.2 Å². The summed E-state index contributed by atoms with van der Waals surface area (Å²) in [6.45, 7) is 3.07. The Bertz CT molecular complexity index is 399. The van der Waals surface area contributed by atoms with Crippen LogP contribution in [0.5, 0.6) is 0 Å². The van der Waals surface area contributed by atoms with Gasteiger partial charge in [0.05, 0.1) is 5.92 Å². The third-order valence-corrected chi connectivity index (χ3v) is 3.76. The monoisotopic (exact) mass is 267 g/mol. The minimum atomic E-state index is -0.753. The molecule has 1 aliphatic rings. The van der Waals surface area contributed by atoms with Gasteiger partial charge in [-0.3, -0.25) is 4.79 Å². The number of rotatable bonds is 5. The fourth-order valence-electron chi connectivity index (χ4n) is 2.45. The Morgan fingerprint density at radius 2 is 1.89 bits per heavy atom. The van der Waals surface area contributed by atoms with Gasteiger partial charge < -0.3 is 10.0 Å². The van der Waals surface area contributed by atoms with Crippen molar-refractivity contribution in [2.24, 2.45) is 0 Å². The van der Waals surface area contributed by atoms with Gasteiger partial charge in [-0.2, -0.15) is 0 Å². The van der Waals surface area contributed by atoms with E-state index in [1.807, 2.05) is 12.1 Å². The highest BCUT2D eigenvalue weighted by atomic mass is 35.5. The van der Waals surface area contributed by atoms with Gasteiger partial charge in [-0.1, -0.05) is 23.7 Å². The zero-order valence-electron chi connectivity index (χ0n) is 10.3. The Morgan fingerprint density at radius 1 is 1.28 bits per heavy atom. The average molecular weight is 268 g/mol. The molecule has 0 aromatic heterocycles. The predicted octanol–water partition coefficient (Wildman–Crippen LogP) is 2.99. The lowest BCUT2D eigenvalue weighted by Gasteiger charge is -2.18. The second-order valence-electron chi connectivity index (χ2n) is 4.78. The Labute approximate surface area is 112 Å². The van der Waals surface area contributed by atoms with Crippen molar-refractivity contribution in [3.05, 3.63) is 34.9 Å². The summed E-state index contributed by atoms with van der Waals surface area (Å²) in [5.74, 6) is -1.18. The van der Waals surface area contributed by atoms with E-state index in [9.17, 15) is 9.90 Å². The molecule has 3 nitrogen and oxygen atoms in total. The smallest absolute Gasteiger partial charge is 0.311 e. The first kappa shape index (κ1) is 13.4. The molecule has 2 rings (SSSR count). The second kappa shape index (κ2) is 6.21. The molecule has 1 atom stereocenters. The molecule has 1 heterocycles. The first-order chi connectivity index (χ1) is 8.66. The van der Waals surface area contributed by atoms with Crippen LogP contribution in [0.3, 0.4) is 0 Å². The third kappa shape index (κ3) is 3.47. The summed E-state index contributed by atoms with van der Waals surface area (Å²) in [4.78, 5) is 13.7. The number of carboxylic acid groups (broad SMARTS) is 1. The normalized spacial score (nSPS) is 17.8. The Morgan fingerprint density at radius 3 is 2.44 bits per heavy atom. The van der Waals surface area contributed by atoms with Crippen molar-refractivity contribution in [2.45, 2.75) is 25.2 Å². The van der Waals surface area contributed by atoms with E-state index in [0.29, 0.717) is 11.4 Å². The number of hydrogen-bond donors (Lipinski definition) is 1. The van der Waals surface area contributed by atoms with Crippen molar-refractivity contribution in [1.29, 1.82) is 0 Å². The van der Waals surface area contributed by atoms with Gasteiger partial charge in [-0.15, -0.1) is 0 Å². The Hall–Kier alpha value is -1.06. The number of nitrogens with zero attached hydrogens (tertiary/aromatic N) is 1.